The smallest absolute Gasteiger partial charge is 0.0326 e. The number of hydrogen-bond acceptors (Lipinski definition) is 1. The molecule has 3 rings (SSSR count). The SMILES string of the molecule is C[C@H]1CCC[C@H]1N(Cc1ccccc1)[C@@H](C)c1ccccc1. The molecule has 2 aromatic carbocycles. The van der Waals surface area contributed by atoms with Crippen LogP contribution in [-0.2, 0) is 6.54 Å². The van der Waals surface area contributed by atoms with Gasteiger partial charge in [-0.1, -0.05) is 74.0 Å². The summed E-state index contributed by atoms with van der Waals surface area (Å²) in [6.07, 6.45) is 4.08. The first-order chi connectivity index (χ1) is 10.8. The molecule has 2 aromatic rings. The fourth-order valence-electron chi connectivity index (χ4n) is 3.88. The molecule has 0 heterocycles. The van der Waals surface area contributed by atoms with Crippen LogP contribution < -0.4 is 0 Å². The molecule has 0 spiro atoms. The number of rotatable bonds is 5. The average molecular weight is 293 g/mol. The summed E-state index contributed by atoms with van der Waals surface area (Å²) in [6.45, 7) is 5.84. The van der Waals surface area contributed by atoms with Crippen molar-refractivity contribution in [3.63, 3.8) is 0 Å². The van der Waals surface area contributed by atoms with Crippen molar-refractivity contribution in [3.05, 3.63) is 71.8 Å². The highest BCUT2D eigenvalue weighted by Crippen LogP contribution is 2.35. The Kier molecular flexibility index (Phi) is 4.94. The molecule has 1 fully saturated rings. The maximum absolute atomic E-state index is 2.72. The summed E-state index contributed by atoms with van der Waals surface area (Å²) in [4.78, 5) is 2.72. The van der Waals surface area contributed by atoms with Gasteiger partial charge < -0.3 is 0 Å². The summed E-state index contributed by atoms with van der Waals surface area (Å²) in [5.41, 5.74) is 2.85. The van der Waals surface area contributed by atoms with E-state index >= 15 is 0 Å². The zero-order chi connectivity index (χ0) is 15.4. The normalized spacial score (nSPS) is 22.9. The standard InChI is InChI=1S/C21H27N/c1-17-10-9-15-21(17)22(16-19-11-5-3-6-12-19)18(2)20-13-7-4-8-14-20/h3-8,11-14,17-18,21H,9-10,15-16H2,1-2H3/t17-,18-,21+/m0/s1. The second-order valence-electron chi connectivity index (χ2n) is 6.72. The van der Waals surface area contributed by atoms with Crippen LogP contribution in [0.4, 0.5) is 0 Å². The summed E-state index contributed by atoms with van der Waals surface area (Å²) < 4.78 is 0. The topological polar surface area (TPSA) is 3.24 Å². The third kappa shape index (κ3) is 3.41. The molecule has 0 unspecified atom stereocenters. The van der Waals surface area contributed by atoms with Gasteiger partial charge in [0.05, 0.1) is 0 Å². The lowest BCUT2D eigenvalue weighted by molar-refractivity contribution is 0.110. The third-order valence-electron chi connectivity index (χ3n) is 5.23. The highest BCUT2D eigenvalue weighted by molar-refractivity contribution is 5.20. The maximum atomic E-state index is 2.72. The molecule has 116 valence electrons. The van der Waals surface area contributed by atoms with E-state index in [4.69, 9.17) is 0 Å². The molecule has 0 saturated heterocycles. The molecule has 0 aromatic heterocycles. The van der Waals surface area contributed by atoms with E-state index in [1.165, 1.54) is 30.4 Å². The van der Waals surface area contributed by atoms with Crippen LogP contribution in [0, 0.1) is 5.92 Å². The van der Waals surface area contributed by atoms with E-state index in [-0.39, 0.29) is 0 Å². The van der Waals surface area contributed by atoms with Crippen LogP contribution >= 0.6 is 0 Å². The van der Waals surface area contributed by atoms with Crippen LogP contribution in [0.5, 0.6) is 0 Å². The maximum Gasteiger partial charge on any atom is 0.0326 e. The average Bonchev–Trinajstić information content (AvgIpc) is 3.00. The van der Waals surface area contributed by atoms with Gasteiger partial charge in [-0.05, 0) is 36.8 Å². The first kappa shape index (κ1) is 15.3. The number of nitrogens with zero attached hydrogens (tertiary/aromatic N) is 1. The van der Waals surface area contributed by atoms with Crippen molar-refractivity contribution in [1.29, 1.82) is 0 Å². The number of hydrogen-bond donors (Lipinski definition) is 0. The van der Waals surface area contributed by atoms with Gasteiger partial charge in [0, 0.05) is 18.6 Å². The van der Waals surface area contributed by atoms with Crippen molar-refractivity contribution in [1.82, 2.24) is 4.90 Å². The molecule has 1 nitrogen and oxygen atoms in total. The van der Waals surface area contributed by atoms with Crippen LogP contribution in [0.1, 0.15) is 50.3 Å². The van der Waals surface area contributed by atoms with Gasteiger partial charge in [0.15, 0.2) is 0 Å². The first-order valence-corrected chi connectivity index (χ1v) is 8.60. The second kappa shape index (κ2) is 7.11. The fraction of sp³-hybridized carbons (Fsp3) is 0.429. The number of benzene rings is 2. The van der Waals surface area contributed by atoms with Gasteiger partial charge in [0.2, 0.25) is 0 Å². The van der Waals surface area contributed by atoms with Crippen LogP contribution in [0.2, 0.25) is 0 Å². The summed E-state index contributed by atoms with van der Waals surface area (Å²) in [5.74, 6) is 0.801. The van der Waals surface area contributed by atoms with Crippen LogP contribution in [0.25, 0.3) is 0 Å². The van der Waals surface area contributed by atoms with Gasteiger partial charge in [-0.25, -0.2) is 0 Å². The lowest BCUT2D eigenvalue weighted by Gasteiger charge is -2.37. The molecule has 22 heavy (non-hydrogen) atoms. The molecule has 1 saturated carbocycles. The first-order valence-electron chi connectivity index (χ1n) is 8.60. The summed E-state index contributed by atoms with van der Waals surface area (Å²) >= 11 is 0. The minimum Gasteiger partial charge on any atom is -0.289 e. The highest BCUT2D eigenvalue weighted by atomic mass is 15.2. The molecule has 0 bridgehead atoms. The fourth-order valence-corrected chi connectivity index (χ4v) is 3.88. The Hall–Kier alpha value is -1.60. The van der Waals surface area contributed by atoms with Crippen LogP contribution in [0.15, 0.2) is 60.7 Å². The predicted molar refractivity (Wildman–Crippen MR) is 93.6 cm³/mol. The molecular weight excluding hydrogens is 266 g/mol. The van der Waals surface area contributed by atoms with Crippen LogP contribution in [0.3, 0.4) is 0 Å². The largest absolute Gasteiger partial charge is 0.289 e. The second-order valence-corrected chi connectivity index (χ2v) is 6.72. The summed E-state index contributed by atoms with van der Waals surface area (Å²) in [6, 6.07) is 23.0. The van der Waals surface area contributed by atoms with Gasteiger partial charge in [-0.3, -0.25) is 4.90 Å². The van der Waals surface area contributed by atoms with Gasteiger partial charge >= 0.3 is 0 Å². The van der Waals surface area contributed by atoms with E-state index in [0.29, 0.717) is 12.1 Å². The van der Waals surface area contributed by atoms with Crippen molar-refractivity contribution >= 4 is 0 Å². The van der Waals surface area contributed by atoms with Crippen molar-refractivity contribution in [2.75, 3.05) is 0 Å². The molecule has 1 aliphatic carbocycles. The van der Waals surface area contributed by atoms with Crippen molar-refractivity contribution < 1.29 is 0 Å². The summed E-state index contributed by atoms with van der Waals surface area (Å²) in [7, 11) is 0. The van der Waals surface area contributed by atoms with E-state index in [2.05, 4.69) is 79.4 Å². The Morgan fingerprint density at radius 2 is 1.59 bits per heavy atom. The molecular formula is C21H27N. The molecule has 0 N–H and O–H groups in total. The Morgan fingerprint density at radius 3 is 2.18 bits per heavy atom. The van der Waals surface area contributed by atoms with E-state index in [0.717, 1.165) is 12.5 Å². The van der Waals surface area contributed by atoms with Gasteiger partial charge in [-0.2, -0.15) is 0 Å². The lowest BCUT2D eigenvalue weighted by Crippen LogP contribution is -2.38. The van der Waals surface area contributed by atoms with E-state index in [9.17, 15) is 0 Å². The highest BCUT2D eigenvalue weighted by Gasteiger charge is 2.32. The Bertz CT molecular complexity index is 563. The van der Waals surface area contributed by atoms with Crippen LogP contribution in [-0.4, -0.2) is 10.9 Å². The molecule has 0 amide bonds. The van der Waals surface area contributed by atoms with Crippen molar-refractivity contribution in [3.8, 4) is 0 Å². The molecule has 1 heteroatoms. The van der Waals surface area contributed by atoms with Crippen molar-refractivity contribution in [2.45, 2.75) is 51.7 Å². The molecule has 1 aliphatic rings. The zero-order valence-electron chi connectivity index (χ0n) is 13.8. The molecule has 3 atom stereocenters. The Balaban J connectivity index is 1.85. The molecule has 0 aliphatic heterocycles. The van der Waals surface area contributed by atoms with E-state index in [1.54, 1.807) is 0 Å². The monoisotopic (exact) mass is 293 g/mol. The van der Waals surface area contributed by atoms with Gasteiger partial charge in [-0.15, -0.1) is 0 Å². The van der Waals surface area contributed by atoms with Gasteiger partial charge in [0.1, 0.15) is 0 Å². The Morgan fingerprint density at radius 1 is 0.955 bits per heavy atom. The Labute approximate surface area is 135 Å². The minimum atomic E-state index is 0.465. The minimum absolute atomic E-state index is 0.465. The van der Waals surface area contributed by atoms with Crippen molar-refractivity contribution in [2.24, 2.45) is 5.92 Å². The van der Waals surface area contributed by atoms with Gasteiger partial charge in [0.25, 0.3) is 0 Å². The quantitative estimate of drug-likeness (QED) is 0.709. The third-order valence-corrected chi connectivity index (χ3v) is 5.23. The molecule has 0 radical (unpaired) electrons. The predicted octanol–water partition coefficient (Wildman–Crippen LogP) is 5.44. The van der Waals surface area contributed by atoms with E-state index < -0.39 is 0 Å². The zero-order valence-corrected chi connectivity index (χ0v) is 13.8. The lowest BCUT2D eigenvalue weighted by atomic mass is 9.98. The summed E-state index contributed by atoms with van der Waals surface area (Å²) in [5, 5.41) is 0. The van der Waals surface area contributed by atoms with E-state index in [1.807, 2.05) is 0 Å².